The fraction of sp³-hybridized carbons (Fsp3) is 0.476. The molecule has 0 unspecified atom stereocenters. The first-order valence-electron chi connectivity index (χ1n) is 9.94. The van der Waals surface area contributed by atoms with Crippen molar-refractivity contribution in [3.05, 3.63) is 35.9 Å². The predicted octanol–water partition coefficient (Wildman–Crippen LogP) is 1.98. The Kier molecular flexibility index (Phi) is 6.68. The average molecular weight is 383 g/mol. The highest BCUT2D eigenvalue weighted by atomic mass is 16.2. The van der Waals surface area contributed by atoms with Crippen LogP contribution in [0.5, 0.6) is 0 Å². The number of fused-ring (bicyclic) bond motifs is 1. The number of guanidine groups is 1. The topological polar surface area (TPSA) is 72.9 Å². The molecule has 1 fully saturated rings. The quantitative estimate of drug-likeness (QED) is 0.590. The summed E-state index contributed by atoms with van der Waals surface area (Å²) < 4.78 is 0. The van der Waals surface area contributed by atoms with E-state index in [1.807, 2.05) is 49.0 Å². The van der Waals surface area contributed by atoms with Crippen LogP contribution >= 0.6 is 0 Å². The molecule has 0 aliphatic carbocycles. The standard InChI is InChI=1S/C21H30N6O/c1-4-22-21(24-15-20(28)27-11-7-8-12-27)23-14-16-13-19(26(2)3)25-18-10-6-5-9-17(16)18/h5-6,9-10,13H,4,7-8,11-12,14-15H2,1-3H3,(H2,22,23,24). The number of carbonyl (C=O) groups excluding carboxylic acids is 1. The number of hydrogen-bond acceptors (Lipinski definition) is 4. The van der Waals surface area contributed by atoms with Gasteiger partial charge in [0.15, 0.2) is 5.96 Å². The van der Waals surface area contributed by atoms with Crippen LogP contribution in [0.2, 0.25) is 0 Å². The SMILES string of the molecule is CCNC(=NCc1cc(N(C)C)nc2ccccc12)NCC(=O)N1CCCC1. The third kappa shape index (κ3) is 4.91. The molecule has 28 heavy (non-hydrogen) atoms. The smallest absolute Gasteiger partial charge is 0.241 e. The summed E-state index contributed by atoms with van der Waals surface area (Å²) in [6, 6.07) is 10.2. The number of rotatable bonds is 6. The van der Waals surface area contributed by atoms with Gasteiger partial charge in [0.25, 0.3) is 0 Å². The molecular weight excluding hydrogens is 352 g/mol. The first-order chi connectivity index (χ1) is 13.6. The zero-order chi connectivity index (χ0) is 19.9. The minimum absolute atomic E-state index is 0.132. The second-order valence-corrected chi connectivity index (χ2v) is 7.19. The van der Waals surface area contributed by atoms with Crippen molar-refractivity contribution in [2.75, 3.05) is 45.2 Å². The molecule has 0 bridgehead atoms. The molecule has 2 aromatic rings. The number of benzene rings is 1. The number of likely N-dealkylation sites (tertiary alicyclic amines) is 1. The first-order valence-corrected chi connectivity index (χ1v) is 9.94. The number of aromatic nitrogens is 1. The molecule has 0 spiro atoms. The van der Waals surface area contributed by atoms with Crippen molar-refractivity contribution < 1.29 is 4.79 Å². The Morgan fingerprint density at radius 3 is 2.68 bits per heavy atom. The Morgan fingerprint density at radius 1 is 1.21 bits per heavy atom. The molecule has 2 N–H and O–H groups in total. The average Bonchev–Trinajstić information content (AvgIpc) is 3.24. The highest BCUT2D eigenvalue weighted by Gasteiger charge is 2.17. The number of amides is 1. The van der Waals surface area contributed by atoms with E-state index in [0.717, 1.165) is 54.8 Å². The van der Waals surface area contributed by atoms with Crippen molar-refractivity contribution in [3.8, 4) is 0 Å². The van der Waals surface area contributed by atoms with Gasteiger partial charge in [0.2, 0.25) is 5.91 Å². The molecule has 1 aromatic carbocycles. The number of anilines is 1. The summed E-state index contributed by atoms with van der Waals surface area (Å²) in [5.74, 6) is 1.70. The van der Waals surface area contributed by atoms with E-state index < -0.39 is 0 Å². The molecule has 0 radical (unpaired) electrons. The molecule has 0 saturated carbocycles. The zero-order valence-corrected chi connectivity index (χ0v) is 17.0. The molecule has 150 valence electrons. The van der Waals surface area contributed by atoms with Crippen LogP contribution in [0.25, 0.3) is 10.9 Å². The summed E-state index contributed by atoms with van der Waals surface area (Å²) in [7, 11) is 3.97. The predicted molar refractivity (Wildman–Crippen MR) is 115 cm³/mol. The molecule has 0 atom stereocenters. The van der Waals surface area contributed by atoms with Crippen LogP contribution in [0, 0.1) is 0 Å². The number of pyridine rings is 1. The molecule has 1 amide bonds. The molecule has 1 aliphatic heterocycles. The van der Waals surface area contributed by atoms with Crippen LogP contribution in [-0.4, -0.2) is 62.0 Å². The number of carbonyl (C=O) groups is 1. The molecule has 2 heterocycles. The van der Waals surface area contributed by atoms with E-state index in [-0.39, 0.29) is 12.5 Å². The van der Waals surface area contributed by atoms with E-state index in [1.165, 1.54) is 0 Å². The Hall–Kier alpha value is -2.83. The van der Waals surface area contributed by atoms with Crippen LogP contribution in [0.3, 0.4) is 0 Å². The van der Waals surface area contributed by atoms with Gasteiger partial charge in [0, 0.05) is 39.1 Å². The van der Waals surface area contributed by atoms with Crippen molar-refractivity contribution in [1.82, 2.24) is 20.5 Å². The van der Waals surface area contributed by atoms with Gasteiger partial charge in [-0.1, -0.05) is 18.2 Å². The van der Waals surface area contributed by atoms with Crippen molar-refractivity contribution in [1.29, 1.82) is 0 Å². The van der Waals surface area contributed by atoms with Crippen LogP contribution in [0.15, 0.2) is 35.3 Å². The normalized spacial score (nSPS) is 14.4. The van der Waals surface area contributed by atoms with Gasteiger partial charge in [0.1, 0.15) is 5.82 Å². The highest BCUT2D eigenvalue weighted by Crippen LogP contribution is 2.22. The summed E-state index contributed by atoms with van der Waals surface area (Å²) in [4.78, 5) is 25.6. The molecule has 7 heteroatoms. The molecule has 7 nitrogen and oxygen atoms in total. The lowest BCUT2D eigenvalue weighted by Gasteiger charge is -2.17. The Balaban J connectivity index is 1.75. The van der Waals surface area contributed by atoms with Gasteiger partial charge in [-0.25, -0.2) is 9.98 Å². The van der Waals surface area contributed by atoms with Gasteiger partial charge in [-0.15, -0.1) is 0 Å². The maximum atomic E-state index is 12.3. The minimum atomic E-state index is 0.132. The Bertz CT molecular complexity index is 842. The van der Waals surface area contributed by atoms with E-state index in [9.17, 15) is 4.79 Å². The molecule has 1 aliphatic rings. The maximum Gasteiger partial charge on any atom is 0.241 e. The van der Waals surface area contributed by atoms with E-state index in [2.05, 4.69) is 22.8 Å². The van der Waals surface area contributed by atoms with Crippen molar-refractivity contribution in [3.63, 3.8) is 0 Å². The minimum Gasteiger partial charge on any atom is -0.363 e. The van der Waals surface area contributed by atoms with Crippen molar-refractivity contribution >= 4 is 28.6 Å². The Labute approximate surface area is 166 Å². The van der Waals surface area contributed by atoms with E-state index in [4.69, 9.17) is 9.98 Å². The lowest BCUT2D eigenvalue weighted by Crippen LogP contribution is -2.44. The van der Waals surface area contributed by atoms with Crippen molar-refractivity contribution in [2.24, 2.45) is 4.99 Å². The largest absolute Gasteiger partial charge is 0.363 e. The molecule has 3 rings (SSSR count). The lowest BCUT2D eigenvalue weighted by atomic mass is 10.1. The van der Waals surface area contributed by atoms with Gasteiger partial charge in [-0.05, 0) is 37.5 Å². The molecule has 1 saturated heterocycles. The van der Waals surface area contributed by atoms with Crippen LogP contribution < -0.4 is 15.5 Å². The summed E-state index contributed by atoms with van der Waals surface area (Å²) in [6.45, 7) is 5.27. The Morgan fingerprint density at radius 2 is 1.96 bits per heavy atom. The van der Waals surface area contributed by atoms with Crippen molar-refractivity contribution in [2.45, 2.75) is 26.3 Å². The number of hydrogen-bond donors (Lipinski definition) is 2. The highest BCUT2D eigenvalue weighted by molar-refractivity contribution is 5.87. The second kappa shape index (κ2) is 9.39. The molecule has 1 aromatic heterocycles. The fourth-order valence-electron chi connectivity index (χ4n) is 3.34. The van der Waals surface area contributed by atoms with Crippen LogP contribution in [0.4, 0.5) is 5.82 Å². The van der Waals surface area contributed by atoms with Crippen LogP contribution in [0.1, 0.15) is 25.3 Å². The third-order valence-electron chi connectivity index (χ3n) is 4.86. The third-order valence-corrected chi connectivity index (χ3v) is 4.86. The zero-order valence-electron chi connectivity index (χ0n) is 17.0. The number of nitrogens with one attached hydrogen (secondary N) is 2. The molecular formula is C21H30N6O. The maximum absolute atomic E-state index is 12.3. The van der Waals surface area contributed by atoms with Gasteiger partial charge in [-0.3, -0.25) is 4.79 Å². The summed E-state index contributed by atoms with van der Waals surface area (Å²) >= 11 is 0. The van der Waals surface area contributed by atoms with Gasteiger partial charge in [-0.2, -0.15) is 0 Å². The second-order valence-electron chi connectivity index (χ2n) is 7.19. The van der Waals surface area contributed by atoms with E-state index >= 15 is 0 Å². The summed E-state index contributed by atoms with van der Waals surface area (Å²) in [5, 5.41) is 7.50. The van der Waals surface area contributed by atoms with Gasteiger partial charge >= 0.3 is 0 Å². The monoisotopic (exact) mass is 382 g/mol. The fourth-order valence-corrected chi connectivity index (χ4v) is 3.34. The number of nitrogens with zero attached hydrogens (tertiary/aromatic N) is 4. The number of aliphatic imine (C=N–C) groups is 1. The van der Waals surface area contributed by atoms with Gasteiger partial charge in [0.05, 0.1) is 18.6 Å². The van der Waals surface area contributed by atoms with E-state index in [1.54, 1.807) is 0 Å². The number of para-hydroxylation sites is 1. The summed E-state index contributed by atoms with van der Waals surface area (Å²) in [5.41, 5.74) is 2.07. The summed E-state index contributed by atoms with van der Waals surface area (Å²) in [6.07, 6.45) is 2.20. The van der Waals surface area contributed by atoms with Gasteiger partial charge < -0.3 is 20.4 Å². The van der Waals surface area contributed by atoms with E-state index in [0.29, 0.717) is 12.5 Å². The lowest BCUT2D eigenvalue weighted by molar-refractivity contribution is -0.128. The first kappa shape index (κ1) is 19.9. The van der Waals surface area contributed by atoms with Crippen LogP contribution in [-0.2, 0) is 11.3 Å².